The lowest BCUT2D eigenvalue weighted by molar-refractivity contribution is 0.325. The first kappa shape index (κ1) is 23.4. The van der Waals surface area contributed by atoms with Gasteiger partial charge in [-0.2, -0.15) is 0 Å². The van der Waals surface area contributed by atoms with Gasteiger partial charge in [0.05, 0.1) is 16.4 Å². The smallest absolute Gasteiger partial charge is 0.147 e. The van der Waals surface area contributed by atoms with Crippen LogP contribution in [0.3, 0.4) is 0 Å². The summed E-state index contributed by atoms with van der Waals surface area (Å²) in [6, 6.07) is 13.9. The summed E-state index contributed by atoms with van der Waals surface area (Å²) in [5.74, 6) is 0.742. The molecular formula is C25H30Cl2N4. The van der Waals surface area contributed by atoms with Crippen LogP contribution in [0.1, 0.15) is 43.6 Å². The third-order valence-corrected chi connectivity index (χ3v) is 5.86. The molecule has 1 fully saturated rings. The van der Waals surface area contributed by atoms with Crippen molar-refractivity contribution >= 4 is 28.9 Å². The van der Waals surface area contributed by atoms with Crippen molar-refractivity contribution in [2.45, 2.75) is 40.2 Å². The fourth-order valence-corrected chi connectivity index (χ4v) is 4.33. The highest BCUT2D eigenvalue weighted by Crippen LogP contribution is 2.35. The molecule has 2 aromatic carbocycles. The summed E-state index contributed by atoms with van der Waals surface area (Å²) in [5.41, 5.74) is 11.4. The number of rotatable bonds is 5. The van der Waals surface area contributed by atoms with E-state index in [2.05, 4.69) is 47.2 Å². The number of aryl methyl sites for hydroxylation is 1. The van der Waals surface area contributed by atoms with Crippen molar-refractivity contribution in [3.8, 4) is 17.1 Å². The normalized spacial score (nSPS) is 13.7. The Bertz CT molecular complexity index is 1050. The van der Waals surface area contributed by atoms with Crippen molar-refractivity contribution in [3.63, 3.8) is 0 Å². The third-order valence-electron chi connectivity index (χ3n) is 5.31. The van der Waals surface area contributed by atoms with E-state index < -0.39 is 0 Å². The van der Waals surface area contributed by atoms with Crippen molar-refractivity contribution in [3.05, 3.63) is 76.0 Å². The van der Waals surface area contributed by atoms with Crippen LogP contribution in [0.25, 0.3) is 22.8 Å². The third kappa shape index (κ3) is 5.15. The quantitative estimate of drug-likeness (QED) is 0.463. The van der Waals surface area contributed by atoms with Gasteiger partial charge in [0, 0.05) is 22.8 Å². The van der Waals surface area contributed by atoms with Crippen LogP contribution in [-0.2, 0) is 6.54 Å². The Balaban J connectivity index is 0.00000132. The molecule has 164 valence electrons. The molecule has 1 aliphatic heterocycles. The van der Waals surface area contributed by atoms with E-state index in [1.165, 1.54) is 18.4 Å². The first-order valence-electron chi connectivity index (χ1n) is 10.7. The molecule has 0 atom stereocenters. The first-order chi connectivity index (χ1) is 14.9. The molecule has 31 heavy (non-hydrogen) atoms. The summed E-state index contributed by atoms with van der Waals surface area (Å²) in [6.45, 7) is 13.0. The molecule has 6 heteroatoms. The molecule has 3 aromatic rings. The SMILES string of the molecule is C=C(N)c1nc(-c2ccc(Cl)cc2Cl)n(-c2ccc(C)cc2)c1CN1CCCC1.CC. The minimum absolute atomic E-state index is 0.455. The molecule has 0 amide bonds. The largest absolute Gasteiger partial charge is 0.397 e. The van der Waals surface area contributed by atoms with Crippen molar-refractivity contribution < 1.29 is 0 Å². The summed E-state index contributed by atoms with van der Waals surface area (Å²) in [6.07, 6.45) is 2.43. The zero-order chi connectivity index (χ0) is 22.5. The van der Waals surface area contributed by atoms with Crippen LogP contribution in [-0.4, -0.2) is 27.5 Å². The zero-order valence-electron chi connectivity index (χ0n) is 18.5. The Kier molecular flexibility index (Phi) is 7.82. The molecule has 2 heterocycles. The summed E-state index contributed by atoms with van der Waals surface area (Å²) in [4.78, 5) is 7.33. The molecular weight excluding hydrogens is 427 g/mol. The van der Waals surface area contributed by atoms with Crippen LogP contribution >= 0.6 is 23.2 Å². The van der Waals surface area contributed by atoms with E-state index in [-0.39, 0.29) is 0 Å². The van der Waals surface area contributed by atoms with Gasteiger partial charge in [0.15, 0.2) is 0 Å². The average Bonchev–Trinajstić information content (AvgIpc) is 3.39. The number of halogens is 2. The minimum atomic E-state index is 0.455. The second kappa shape index (κ2) is 10.4. The topological polar surface area (TPSA) is 47.1 Å². The van der Waals surface area contributed by atoms with E-state index in [9.17, 15) is 0 Å². The Morgan fingerprint density at radius 1 is 1.06 bits per heavy atom. The molecule has 2 N–H and O–H groups in total. The summed E-state index contributed by atoms with van der Waals surface area (Å²) in [7, 11) is 0. The number of likely N-dealkylation sites (tertiary alicyclic amines) is 1. The predicted molar refractivity (Wildman–Crippen MR) is 133 cm³/mol. The van der Waals surface area contributed by atoms with Gasteiger partial charge >= 0.3 is 0 Å². The van der Waals surface area contributed by atoms with E-state index in [0.29, 0.717) is 15.7 Å². The standard InChI is InChI=1S/C23H24Cl2N4.C2H6/c1-15-5-8-18(9-6-15)29-21(14-28-11-3-4-12-28)22(16(2)26)27-23(29)19-10-7-17(24)13-20(19)25;1-2/h5-10,13H,2-4,11-12,14,26H2,1H3;1-2H3. The maximum atomic E-state index is 6.56. The molecule has 1 saturated heterocycles. The summed E-state index contributed by atoms with van der Waals surface area (Å²) < 4.78 is 2.15. The van der Waals surface area contributed by atoms with Crippen LogP contribution in [0.5, 0.6) is 0 Å². The second-order valence-corrected chi connectivity index (χ2v) is 8.38. The van der Waals surface area contributed by atoms with Crippen LogP contribution < -0.4 is 5.73 Å². The lowest BCUT2D eigenvalue weighted by Gasteiger charge is -2.19. The highest BCUT2D eigenvalue weighted by molar-refractivity contribution is 6.36. The van der Waals surface area contributed by atoms with Gasteiger partial charge in [-0.15, -0.1) is 0 Å². The number of imidazole rings is 1. The van der Waals surface area contributed by atoms with Crippen LogP contribution in [0.4, 0.5) is 0 Å². The highest BCUT2D eigenvalue weighted by atomic mass is 35.5. The van der Waals surface area contributed by atoms with Crippen LogP contribution in [0, 0.1) is 6.92 Å². The molecule has 4 rings (SSSR count). The van der Waals surface area contributed by atoms with Gasteiger partial charge in [0.1, 0.15) is 11.5 Å². The van der Waals surface area contributed by atoms with Gasteiger partial charge in [0.2, 0.25) is 0 Å². The molecule has 0 saturated carbocycles. The number of benzene rings is 2. The van der Waals surface area contributed by atoms with Gasteiger partial charge in [0.25, 0.3) is 0 Å². The monoisotopic (exact) mass is 456 g/mol. The van der Waals surface area contributed by atoms with E-state index in [4.69, 9.17) is 33.9 Å². The van der Waals surface area contributed by atoms with Crippen LogP contribution in [0.2, 0.25) is 10.0 Å². The number of aromatic nitrogens is 2. The molecule has 0 radical (unpaired) electrons. The van der Waals surface area contributed by atoms with Crippen molar-refractivity contribution in [2.24, 2.45) is 5.73 Å². The number of hydrogen-bond acceptors (Lipinski definition) is 3. The van der Waals surface area contributed by atoms with Gasteiger partial charge in [-0.3, -0.25) is 9.47 Å². The molecule has 4 nitrogen and oxygen atoms in total. The van der Waals surface area contributed by atoms with E-state index in [0.717, 1.165) is 48.1 Å². The van der Waals surface area contributed by atoms with Crippen LogP contribution in [0.15, 0.2) is 49.0 Å². The van der Waals surface area contributed by atoms with E-state index in [1.54, 1.807) is 6.07 Å². The fraction of sp³-hybridized carbons (Fsp3) is 0.320. The van der Waals surface area contributed by atoms with Gasteiger partial charge in [-0.25, -0.2) is 4.98 Å². The number of nitrogens with zero attached hydrogens (tertiary/aromatic N) is 3. The molecule has 0 aliphatic carbocycles. The fourth-order valence-electron chi connectivity index (χ4n) is 3.83. The summed E-state index contributed by atoms with van der Waals surface area (Å²) in [5, 5.41) is 1.14. The Hall–Kier alpha value is -2.27. The van der Waals surface area contributed by atoms with Crippen molar-refractivity contribution in [1.29, 1.82) is 0 Å². The predicted octanol–water partition coefficient (Wildman–Crippen LogP) is 6.71. The van der Waals surface area contributed by atoms with E-state index >= 15 is 0 Å². The minimum Gasteiger partial charge on any atom is -0.397 e. The summed E-state index contributed by atoms with van der Waals surface area (Å²) >= 11 is 12.7. The maximum absolute atomic E-state index is 6.56. The van der Waals surface area contributed by atoms with Crippen molar-refractivity contribution in [2.75, 3.05) is 13.1 Å². The Morgan fingerprint density at radius 3 is 2.29 bits per heavy atom. The molecule has 0 unspecified atom stereocenters. The number of nitrogens with two attached hydrogens (primary N) is 1. The molecule has 0 bridgehead atoms. The molecule has 1 aromatic heterocycles. The first-order valence-corrected chi connectivity index (χ1v) is 11.5. The highest BCUT2D eigenvalue weighted by Gasteiger charge is 2.24. The molecule has 1 aliphatic rings. The lowest BCUT2D eigenvalue weighted by atomic mass is 10.1. The number of hydrogen-bond donors (Lipinski definition) is 1. The Morgan fingerprint density at radius 2 is 1.71 bits per heavy atom. The van der Waals surface area contributed by atoms with E-state index in [1.807, 2.05) is 26.0 Å². The van der Waals surface area contributed by atoms with Gasteiger partial charge < -0.3 is 5.73 Å². The van der Waals surface area contributed by atoms with Crippen molar-refractivity contribution in [1.82, 2.24) is 14.5 Å². The average molecular weight is 457 g/mol. The van der Waals surface area contributed by atoms with Gasteiger partial charge in [-0.05, 0) is 63.2 Å². The maximum Gasteiger partial charge on any atom is 0.147 e. The Labute approximate surface area is 195 Å². The van der Waals surface area contributed by atoms with Gasteiger partial charge in [-0.1, -0.05) is 61.3 Å². The zero-order valence-corrected chi connectivity index (χ0v) is 20.0. The second-order valence-electron chi connectivity index (χ2n) is 7.53. The lowest BCUT2D eigenvalue weighted by Crippen LogP contribution is -2.21. The molecule has 0 spiro atoms.